The Morgan fingerprint density at radius 2 is 1.83 bits per heavy atom. The Bertz CT molecular complexity index is 914. The van der Waals surface area contributed by atoms with Gasteiger partial charge in [-0.1, -0.05) is 41.7 Å². The molecule has 122 valence electrons. The van der Waals surface area contributed by atoms with Crippen LogP contribution in [0.5, 0.6) is 5.88 Å². The summed E-state index contributed by atoms with van der Waals surface area (Å²) in [5.41, 5.74) is 1.67. The zero-order valence-electron chi connectivity index (χ0n) is 12.9. The minimum Gasteiger partial charge on any atom is -0.493 e. The van der Waals surface area contributed by atoms with Gasteiger partial charge in [0.25, 0.3) is 0 Å². The number of benzene rings is 2. The number of thiazole rings is 1. The molecule has 1 unspecified atom stereocenters. The first kappa shape index (κ1) is 16.5. The van der Waals surface area contributed by atoms with Crippen LogP contribution in [-0.4, -0.2) is 15.9 Å². The van der Waals surface area contributed by atoms with Gasteiger partial charge in [0, 0.05) is 0 Å². The first-order chi connectivity index (χ1) is 11.6. The number of nitrogens with zero attached hydrogens (tertiary/aromatic N) is 2. The molecule has 0 aliphatic rings. The van der Waals surface area contributed by atoms with Crippen LogP contribution in [0.15, 0.2) is 59.6 Å². The molecule has 3 rings (SSSR count). The summed E-state index contributed by atoms with van der Waals surface area (Å²) >= 11 is 6.69. The molecule has 0 saturated heterocycles. The van der Waals surface area contributed by atoms with E-state index >= 15 is 0 Å². The lowest BCUT2D eigenvalue weighted by Gasteiger charge is -2.14. The second-order valence-corrected chi connectivity index (χ2v) is 6.92. The molecule has 3 aromatic rings. The molecular weight excluding hydrogens is 343 g/mol. The molecule has 0 radical (unpaired) electrons. The van der Waals surface area contributed by atoms with E-state index in [4.69, 9.17) is 12.2 Å². The van der Waals surface area contributed by atoms with Crippen LogP contribution in [0.3, 0.4) is 0 Å². The summed E-state index contributed by atoms with van der Waals surface area (Å²) in [7, 11) is 0. The van der Waals surface area contributed by atoms with Gasteiger partial charge in [0.1, 0.15) is 10.7 Å². The Balaban J connectivity index is 1.92. The van der Waals surface area contributed by atoms with E-state index in [2.05, 4.69) is 4.99 Å². The van der Waals surface area contributed by atoms with Crippen LogP contribution in [0, 0.1) is 9.77 Å². The Morgan fingerprint density at radius 3 is 2.50 bits per heavy atom. The van der Waals surface area contributed by atoms with Crippen molar-refractivity contribution in [2.75, 3.05) is 0 Å². The van der Waals surface area contributed by atoms with Gasteiger partial charge in [-0.05, 0) is 49.0 Å². The Hall–Kier alpha value is -2.31. The van der Waals surface area contributed by atoms with E-state index in [1.165, 1.54) is 23.5 Å². The SMILES string of the molecule is CC(c1ccccc1)n1c(O)c(C=Nc2ccc(F)cc2)sc1=S. The summed E-state index contributed by atoms with van der Waals surface area (Å²) in [5, 5.41) is 10.5. The number of hydrogen-bond donors (Lipinski definition) is 1. The maximum absolute atomic E-state index is 12.9. The molecule has 0 fully saturated rings. The molecule has 0 aliphatic heterocycles. The van der Waals surface area contributed by atoms with Crippen molar-refractivity contribution in [3.63, 3.8) is 0 Å². The molecule has 0 bridgehead atoms. The number of rotatable bonds is 4. The molecule has 0 aliphatic carbocycles. The lowest BCUT2D eigenvalue weighted by Crippen LogP contribution is -2.06. The number of halogens is 1. The monoisotopic (exact) mass is 358 g/mol. The minimum absolute atomic E-state index is 0.0806. The highest BCUT2D eigenvalue weighted by Gasteiger charge is 2.16. The fourth-order valence-corrected chi connectivity index (χ4v) is 3.70. The highest BCUT2D eigenvalue weighted by Crippen LogP contribution is 2.31. The molecule has 1 aromatic heterocycles. The fraction of sp³-hybridized carbons (Fsp3) is 0.111. The topological polar surface area (TPSA) is 37.5 Å². The van der Waals surface area contributed by atoms with Gasteiger partial charge in [-0.25, -0.2) is 4.39 Å². The second-order valence-electron chi connectivity index (χ2n) is 5.25. The molecule has 24 heavy (non-hydrogen) atoms. The zero-order valence-corrected chi connectivity index (χ0v) is 14.5. The third kappa shape index (κ3) is 3.44. The van der Waals surface area contributed by atoms with E-state index in [0.29, 0.717) is 14.5 Å². The van der Waals surface area contributed by atoms with Gasteiger partial charge in [0.2, 0.25) is 5.88 Å². The van der Waals surface area contributed by atoms with Crippen molar-refractivity contribution in [1.82, 2.24) is 4.57 Å². The van der Waals surface area contributed by atoms with Crippen molar-refractivity contribution in [2.45, 2.75) is 13.0 Å². The minimum atomic E-state index is -0.310. The maximum Gasteiger partial charge on any atom is 0.212 e. The van der Waals surface area contributed by atoms with Crippen molar-refractivity contribution >= 4 is 35.5 Å². The molecule has 0 saturated carbocycles. The summed E-state index contributed by atoms with van der Waals surface area (Å²) in [5.74, 6) is -0.220. The number of aliphatic imine (C=N–C) groups is 1. The summed E-state index contributed by atoms with van der Waals surface area (Å²) in [4.78, 5) is 4.84. The molecule has 0 amide bonds. The van der Waals surface area contributed by atoms with Crippen LogP contribution in [0.25, 0.3) is 0 Å². The van der Waals surface area contributed by atoms with Crippen molar-refractivity contribution in [1.29, 1.82) is 0 Å². The molecule has 3 nitrogen and oxygen atoms in total. The Kier molecular flexibility index (Phi) is 4.87. The number of aromatic nitrogens is 1. The van der Waals surface area contributed by atoms with Gasteiger partial charge in [-0.2, -0.15) is 0 Å². The van der Waals surface area contributed by atoms with E-state index in [9.17, 15) is 9.50 Å². The Morgan fingerprint density at radius 1 is 1.17 bits per heavy atom. The van der Waals surface area contributed by atoms with Crippen LogP contribution in [0.2, 0.25) is 0 Å². The highest BCUT2D eigenvalue weighted by atomic mass is 32.1. The average molecular weight is 358 g/mol. The number of hydrogen-bond acceptors (Lipinski definition) is 4. The van der Waals surface area contributed by atoms with Gasteiger partial charge >= 0.3 is 0 Å². The van der Waals surface area contributed by atoms with Crippen LogP contribution in [-0.2, 0) is 0 Å². The average Bonchev–Trinajstić information content (AvgIpc) is 2.88. The van der Waals surface area contributed by atoms with E-state index in [-0.39, 0.29) is 17.7 Å². The van der Waals surface area contributed by atoms with E-state index < -0.39 is 0 Å². The summed E-state index contributed by atoms with van der Waals surface area (Å²) in [6, 6.07) is 15.6. The molecular formula is C18H15FN2OS2. The summed E-state index contributed by atoms with van der Waals surface area (Å²) in [6.45, 7) is 1.98. The van der Waals surface area contributed by atoms with Gasteiger partial charge < -0.3 is 5.11 Å². The fourth-order valence-electron chi connectivity index (χ4n) is 2.36. The Labute approximate surface area is 148 Å². The first-order valence-corrected chi connectivity index (χ1v) is 8.57. The molecule has 1 N–H and O–H groups in total. The third-order valence-electron chi connectivity index (χ3n) is 3.67. The summed E-state index contributed by atoms with van der Waals surface area (Å²) in [6.07, 6.45) is 1.55. The van der Waals surface area contributed by atoms with E-state index in [0.717, 1.165) is 5.56 Å². The lowest BCUT2D eigenvalue weighted by molar-refractivity contribution is 0.405. The van der Waals surface area contributed by atoms with Crippen LogP contribution in [0.1, 0.15) is 23.4 Å². The molecule has 2 aromatic carbocycles. The van der Waals surface area contributed by atoms with Crippen molar-refractivity contribution in [3.05, 3.63) is 74.8 Å². The van der Waals surface area contributed by atoms with Crippen molar-refractivity contribution in [3.8, 4) is 5.88 Å². The first-order valence-electron chi connectivity index (χ1n) is 7.35. The van der Waals surface area contributed by atoms with Crippen LogP contribution in [0.4, 0.5) is 10.1 Å². The third-order valence-corrected chi connectivity index (χ3v) is 5.00. The van der Waals surface area contributed by atoms with E-state index in [1.807, 2.05) is 37.3 Å². The largest absolute Gasteiger partial charge is 0.493 e. The van der Waals surface area contributed by atoms with Crippen molar-refractivity contribution < 1.29 is 9.50 Å². The van der Waals surface area contributed by atoms with Crippen LogP contribution < -0.4 is 0 Å². The molecule has 6 heteroatoms. The predicted octanol–water partition coefficient (Wildman–Crippen LogP) is 5.48. The van der Waals surface area contributed by atoms with E-state index in [1.54, 1.807) is 22.9 Å². The predicted molar refractivity (Wildman–Crippen MR) is 98.7 cm³/mol. The van der Waals surface area contributed by atoms with Gasteiger partial charge in [-0.3, -0.25) is 9.56 Å². The molecule has 0 spiro atoms. The highest BCUT2D eigenvalue weighted by molar-refractivity contribution is 7.73. The maximum atomic E-state index is 12.9. The normalized spacial score (nSPS) is 12.6. The summed E-state index contributed by atoms with van der Waals surface area (Å²) < 4.78 is 15.2. The molecule has 1 heterocycles. The lowest BCUT2D eigenvalue weighted by atomic mass is 10.1. The van der Waals surface area contributed by atoms with Crippen LogP contribution >= 0.6 is 23.6 Å². The zero-order chi connectivity index (χ0) is 17.1. The quantitative estimate of drug-likeness (QED) is 0.495. The number of aromatic hydroxyl groups is 1. The second kappa shape index (κ2) is 7.07. The standard InChI is InChI=1S/C18H15FN2OS2/c1-12(13-5-3-2-4-6-13)21-17(22)16(24-18(21)23)11-20-15-9-7-14(19)8-10-15/h2-12,22H,1H3. The van der Waals surface area contributed by atoms with Gasteiger partial charge in [0.15, 0.2) is 3.95 Å². The van der Waals surface area contributed by atoms with Crippen molar-refractivity contribution in [2.24, 2.45) is 4.99 Å². The smallest absolute Gasteiger partial charge is 0.212 e. The van der Waals surface area contributed by atoms with Gasteiger partial charge in [0.05, 0.1) is 17.9 Å². The molecule has 1 atom stereocenters. The van der Waals surface area contributed by atoms with Gasteiger partial charge in [-0.15, -0.1) is 0 Å².